The van der Waals surface area contributed by atoms with Gasteiger partial charge in [-0.15, -0.1) is 0 Å². The molecule has 1 aromatic carbocycles. The topological polar surface area (TPSA) is 118 Å². The molecule has 7 nitrogen and oxygen atoms in total. The molecular formula is C17H21N3O4. The minimum Gasteiger partial charge on any atom is -0.445 e. The van der Waals surface area contributed by atoms with Gasteiger partial charge in [0, 0.05) is 17.8 Å². The van der Waals surface area contributed by atoms with Crippen LogP contribution in [-0.4, -0.2) is 33.9 Å². The number of alkyl carbamates (subject to hydrolysis) is 1. The van der Waals surface area contributed by atoms with E-state index in [0.717, 1.165) is 5.56 Å². The number of aromatic nitrogens is 1. The third-order valence-corrected chi connectivity index (χ3v) is 3.50. The van der Waals surface area contributed by atoms with Gasteiger partial charge in [0.1, 0.15) is 18.8 Å². The van der Waals surface area contributed by atoms with Crippen molar-refractivity contribution in [1.29, 1.82) is 0 Å². The molecule has 24 heavy (non-hydrogen) atoms. The molecule has 2 atom stereocenters. The van der Waals surface area contributed by atoms with Crippen molar-refractivity contribution in [2.45, 2.75) is 25.7 Å². The number of aliphatic hydroxyl groups is 2. The fourth-order valence-corrected chi connectivity index (χ4v) is 2.15. The number of rotatable bonds is 6. The van der Waals surface area contributed by atoms with Gasteiger partial charge in [0.05, 0.1) is 11.9 Å². The number of nitrogen functional groups attached to an aromatic ring is 1. The van der Waals surface area contributed by atoms with E-state index in [1.54, 1.807) is 13.0 Å². The molecule has 128 valence electrons. The molecule has 0 bridgehead atoms. The molecule has 7 heteroatoms. The van der Waals surface area contributed by atoms with E-state index in [0.29, 0.717) is 16.9 Å². The van der Waals surface area contributed by atoms with Gasteiger partial charge in [0.25, 0.3) is 0 Å². The van der Waals surface area contributed by atoms with Gasteiger partial charge in [-0.05, 0) is 18.6 Å². The molecule has 2 unspecified atom stereocenters. The molecule has 2 rings (SSSR count). The molecule has 0 saturated carbocycles. The van der Waals surface area contributed by atoms with Crippen molar-refractivity contribution in [2.24, 2.45) is 0 Å². The quantitative estimate of drug-likeness (QED) is 0.633. The molecule has 0 aliphatic rings. The number of carbonyl (C=O) groups excluding carboxylic acids is 1. The van der Waals surface area contributed by atoms with Crippen LogP contribution in [-0.2, 0) is 11.3 Å². The third-order valence-electron chi connectivity index (χ3n) is 3.50. The van der Waals surface area contributed by atoms with Crippen molar-refractivity contribution < 1.29 is 19.7 Å². The van der Waals surface area contributed by atoms with Crippen molar-refractivity contribution >= 4 is 11.8 Å². The van der Waals surface area contributed by atoms with Crippen molar-refractivity contribution in [1.82, 2.24) is 10.3 Å². The van der Waals surface area contributed by atoms with Gasteiger partial charge in [-0.1, -0.05) is 30.3 Å². The first-order valence-electron chi connectivity index (χ1n) is 7.50. The monoisotopic (exact) mass is 331 g/mol. The number of carbonyl (C=O) groups is 1. The van der Waals surface area contributed by atoms with Gasteiger partial charge >= 0.3 is 6.09 Å². The number of nitrogens with zero attached hydrogens (tertiary/aromatic N) is 1. The van der Waals surface area contributed by atoms with Gasteiger partial charge in [-0.2, -0.15) is 0 Å². The maximum Gasteiger partial charge on any atom is 0.407 e. The zero-order valence-corrected chi connectivity index (χ0v) is 13.3. The SMILES string of the molecule is Cc1ncc(N)cc1C(O)C(O)CNC(=O)OCc1ccccc1. The first-order chi connectivity index (χ1) is 11.5. The lowest BCUT2D eigenvalue weighted by Gasteiger charge is -2.20. The number of aliphatic hydroxyl groups excluding tert-OH is 2. The van der Waals surface area contributed by atoms with E-state index in [1.807, 2.05) is 30.3 Å². The number of nitrogens with two attached hydrogens (primary N) is 1. The number of amides is 1. The Morgan fingerprint density at radius 1 is 1.33 bits per heavy atom. The average Bonchev–Trinajstić information content (AvgIpc) is 2.60. The van der Waals surface area contributed by atoms with Crippen LogP contribution in [0.25, 0.3) is 0 Å². The number of aryl methyl sites for hydroxylation is 1. The molecule has 2 aromatic rings. The van der Waals surface area contributed by atoms with Crippen LogP contribution in [0.5, 0.6) is 0 Å². The zero-order valence-electron chi connectivity index (χ0n) is 13.3. The lowest BCUT2D eigenvalue weighted by molar-refractivity contribution is 0.0178. The van der Waals surface area contributed by atoms with Gasteiger partial charge in [0.15, 0.2) is 0 Å². The second-order valence-corrected chi connectivity index (χ2v) is 5.40. The molecule has 0 radical (unpaired) electrons. The molecule has 0 fully saturated rings. The van der Waals surface area contributed by atoms with E-state index in [-0.39, 0.29) is 13.2 Å². The van der Waals surface area contributed by atoms with Gasteiger partial charge in [-0.25, -0.2) is 4.79 Å². The van der Waals surface area contributed by atoms with Gasteiger partial charge < -0.3 is 26.0 Å². The lowest BCUT2D eigenvalue weighted by Crippen LogP contribution is -2.36. The predicted octanol–water partition coefficient (Wildman–Crippen LogP) is 1.29. The van der Waals surface area contributed by atoms with E-state index in [9.17, 15) is 15.0 Å². The number of anilines is 1. The van der Waals surface area contributed by atoms with Crippen LogP contribution in [0.4, 0.5) is 10.5 Å². The Bertz CT molecular complexity index is 679. The Morgan fingerprint density at radius 3 is 2.75 bits per heavy atom. The van der Waals surface area contributed by atoms with E-state index in [4.69, 9.17) is 10.5 Å². The molecular weight excluding hydrogens is 310 g/mol. The second-order valence-electron chi connectivity index (χ2n) is 5.40. The van der Waals surface area contributed by atoms with Crippen LogP contribution in [0.1, 0.15) is 22.9 Å². The molecule has 1 aromatic heterocycles. The van der Waals surface area contributed by atoms with E-state index in [2.05, 4.69) is 10.3 Å². The molecule has 0 aliphatic heterocycles. The highest BCUT2D eigenvalue weighted by atomic mass is 16.5. The van der Waals surface area contributed by atoms with Crippen LogP contribution >= 0.6 is 0 Å². The number of nitrogens with one attached hydrogen (secondary N) is 1. The maximum atomic E-state index is 11.6. The summed E-state index contributed by atoms with van der Waals surface area (Å²) in [5.74, 6) is 0. The van der Waals surface area contributed by atoms with Crippen LogP contribution in [0.2, 0.25) is 0 Å². The fourth-order valence-electron chi connectivity index (χ4n) is 2.15. The molecule has 0 saturated heterocycles. The van der Waals surface area contributed by atoms with Crippen molar-refractivity contribution in [2.75, 3.05) is 12.3 Å². The number of benzene rings is 1. The molecule has 1 heterocycles. The van der Waals surface area contributed by atoms with E-state index >= 15 is 0 Å². The van der Waals surface area contributed by atoms with Crippen LogP contribution in [0, 0.1) is 6.92 Å². The highest BCUT2D eigenvalue weighted by molar-refractivity contribution is 5.67. The highest BCUT2D eigenvalue weighted by Gasteiger charge is 2.21. The van der Waals surface area contributed by atoms with Crippen LogP contribution < -0.4 is 11.1 Å². The number of hydrogen-bond acceptors (Lipinski definition) is 6. The Hall–Kier alpha value is -2.64. The second kappa shape index (κ2) is 8.28. The van der Waals surface area contributed by atoms with Crippen LogP contribution in [0.3, 0.4) is 0 Å². The van der Waals surface area contributed by atoms with E-state index in [1.165, 1.54) is 6.20 Å². The third kappa shape index (κ3) is 4.94. The van der Waals surface area contributed by atoms with Crippen molar-refractivity contribution in [3.63, 3.8) is 0 Å². The average molecular weight is 331 g/mol. The summed E-state index contributed by atoms with van der Waals surface area (Å²) in [6.07, 6.45) is -1.63. The Balaban J connectivity index is 1.82. The van der Waals surface area contributed by atoms with Gasteiger partial charge in [-0.3, -0.25) is 4.98 Å². The maximum absolute atomic E-state index is 11.6. The summed E-state index contributed by atoms with van der Waals surface area (Å²) in [6, 6.07) is 10.8. The first kappa shape index (κ1) is 17.7. The number of ether oxygens (including phenoxy) is 1. The Labute approximate surface area is 140 Å². The summed E-state index contributed by atoms with van der Waals surface area (Å²) in [5.41, 5.74) is 7.86. The molecule has 0 spiro atoms. The predicted molar refractivity (Wildman–Crippen MR) is 89.0 cm³/mol. The molecule has 1 amide bonds. The number of pyridine rings is 1. The Kier molecular flexibility index (Phi) is 6.11. The largest absolute Gasteiger partial charge is 0.445 e. The summed E-state index contributed by atoms with van der Waals surface area (Å²) in [6.45, 7) is 1.67. The van der Waals surface area contributed by atoms with E-state index < -0.39 is 18.3 Å². The summed E-state index contributed by atoms with van der Waals surface area (Å²) in [4.78, 5) is 15.7. The number of hydrogen-bond donors (Lipinski definition) is 4. The summed E-state index contributed by atoms with van der Waals surface area (Å²) >= 11 is 0. The minimum atomic E-state index is -1.21. The summed E-state index contributed by atoms with van der Waals surface area (Å²) in [5, 5.41) is 22.6. The Morgan fingerprint density at radius 2 is 2.04 bits per heavy atom. The fraction of sp³-hybridized carbons (Fsp3) is 0.294. The smallest absolute Gasteiger partial charge is 0.407 e. The minimum absolute atomic E-state index is 0.129. The molecule has 5 N–H and O–H groups in total. The first-order valence-corrected chi connectivity index (χ1v) is 7.50. The van der Waals surface area contributed by atoms with Crippen LogP contribution in [0.15, 0.2) is 42.6 Å². The van der Waals surface area contributed by atoms with Crippen molar-refractivity contribution in [3.8, 4) is 0 Å². The van der Waals surface area contributed by atoms with Crippen molar-refractivity contribution in [3.05, 3.63) is 59.4 Å². The molecule has 0 aliphatic carbocycles. The lowest BCUT2D eigenvalue weighted by atomic mass is 10.0. The summed E-state index contributed by atoms with van der Waals surface area (Å²) < 4.78 is 5.03. The standard InChI is InChI=1S/C17H21N3O4/c1-11-14(7-13(18)8-19-11)16(22)15(21)9-20-17(23)24-10-12-5-3-2-4-6-12/h2-8,15-16,21-22H,9-10,18H2,1H3,(H,20,23). The van der Waals surface area contributed by atoms with Gasteiger partial charge in [0.2, 0.25) is 0 Å². The zero-order chi connectivity index (χ0) is 17.5. The summed E-state index contributed by atoms with van der Waals surface area (Å²) in [7, 11) is 0. The highest BCUT2D eigenvalue weighted by Crippen LogP contribution is 2.21. The normalized spacial score (nSPS) is 13.1.